The molecule has 1 saturated heterocycles. The third-order valence-electron chi connectivity index (χ3n) is 4.20. The van der Waals surface area contributed by atoms with Crippen molar-refractivity contribution in [2.75, 3.05) is 38.0 Å². The quantitative estimate of drug-likeness (QED) is 0.851. The van der Waals surface area contributed by atoms with Gasteiger partial charge < -0.3 is 15.2 Å². The number of nitrogens with zero attached hydrogens (tertiary/aromatic N) is 2. The number of H-pyrrole nitrogens is 1. The van der Waals surface area contributed by atoms with Crippen LogP contribution in [0.2, 0.25) is 0 Å². The van der Waals surface area contributed by atoms with Crippen LogP contribution in [0.5, 0.6) is 0 Å². The summed E-state index contributed by atoms with van der Waals surface area (Å²) in [5.41, 5.74) is 0.252. The predicted octanol–water partition coefficient (Wildman–Crippen LogP) is 0.910. The van der Waals surface area contributed by atoms with Gasteiger partial charge in [0.15, 0.2) is 0 Å². The van der Waals surface area contributed by atoms with Crippen molar-refractivity contribution in [2.45, 2.75) is 0 Å². The first-order chi connectivity index (χ1) is 12.5. The number of carbonyl (C=O) groups excluding carboxylic acids is 2. The monoisotopic (exact) mass is 358 g/mol. The highest BCUT2D eigenvalue weighted by Gasteiger charge is 2.24. The molecule has 1 aromatic heterocycles. The minimum absolute atomic E-state index is 0.120. The Morgan fingerprint density at radius 2 is 1.77 bits per heavy atom. The Morgan fingerprint density at radius 3 is 2.42 bits per heavy atom. The molecule has 0 unspecified atom stereocenters. The van der Waals surface area contributed by atoms with Gasteiger partial charge in [0.2, 0.25) is 5.91 Å². The molecule has 2 amide bonds. The molecule has 0 aliphatic carbocycles. The number of pyridine rings is 1. The number of halogens is 1. The van der Waals surface area contributed by atoms with Crippen LogP contribution in [0.3, 0.4) is 0 Å². The number of aromatic nitrogens is 1. The molecule has 0 saturated carbocycles. The van der Waals surface area contributed by atoms with Crippen molar-refractivity contribution < 1.29 is 14.0 Å². The molecule has 1 aliphatic rings. The van der Waals surface area contributed by atoms with Gasteiger partial charge in [-0.25, -0.2) is 4.39 Å². The number of nitrogens with one attached hydrogen (secondary N) is 2. The minimum Gasteiger partial charge on any atom is -0.336 e. The van der Waals surface area contributed by atoms with Crippen LogP contribution in [-0.4, -0.2) is 59.3 Å². The number of aromatic amines is 1. The van der Waals surface area contributed by atoms with E-state index in [0.29, 0.717) is 31.9 Å². The highest BCUT2D eigenvalue weighted by atomic mass is 19.1. The first kappa shape index (κ1) is 17.8. The van der Waals surface area contributed by atoms with Gasteiger partial charge in [-0.3, -0.25) is 19.3 Å². The minimum atomic E-state index is -0.404. The van der Waals surface area contributed by atoms with E-state index in [1.165, 1.54) is 36.5 Å². The maximum absolute atomic E-state index is 12.9. The van der Waals surface area contributed by atoms with Gasteiger partial charge in [0.25, 0.3) is 11.5 Å². The van der Waals surface area contributed by atoms with E-state index >= 15 is 0 Å². The number of rotatable bonds is 4. The molecule has 0 atom stereocenters. The average molecular weight is 358 g/mol. The lowest BCUT2D eigenvalue weighted by molar-refractivity contribution is -0.117. The van der Waals surface area contributed by atoms with Crippen LogP contribution in [-0.2, 0) is 4.79 Å². The van der Waals surface area contributed by atoms with Crippen molar-refractivity contribution in [1.29, 1.82) is 0 Å². The van der Waals surface area contributed by atoms with E-state index in [0.717, 1.165) is 0 Å². The second kappa shape index (κ2) is 7.92. The standard InChI is InChI=1S/C18H19FN4O3/c19-13-3-5-14(6-4-13)21-16(24)12-22-8-10-23(11-9-22)18(26)15-2-1-7-20-17(15)25/h1-7H,8-12H2,(H,20,25)(H,21,24). The first-order valence-electron chi connectivity index (χ1n) is 8.28. The van der Waals surface area contributed by atoms with Gasteiger partial charge in [0.1, 0.15) is 11.4 Å². The van der Waals surface area contributed by atoms with Crippen LogP contribution in [0, 0.1) is 5.82 Å². The van der Waals surface area contributed by atoms with Crippen LogP contribution in [0.1, 0.15) is 10.4 Å². The van der Waals surface area contributed by atoms with E-state index in [1.54, 1.807) is 11.0 Å². The van der Waals surface area contributed by atoms with Crippen molar-refractivity contribution in [1.82, 2.24) is 14.8 Å². The zero-order valence-electron chi connectivity index (χ0n) is 14.1. The summed E-state index contributed by atoms with van der Waals surface area (Å²) in [5.74, 6) is -0.862. The molecule has 26 heavy (non-hydrogen) atoms. The molecule has 2 N–H and O–H groups in total. The predicted molar refractivity (Wildman–Crippen MR) is 94.4 cm³/mol. The third kappa shape index (κ3) is 4.34. The molecule has 0 bridgehead atoms. The van der Waals surface area contributed by atoms with Crippen molar-refractivity contribution >= 4 is 17.5 Å². The number of amides is 2. The summed E-state index contributed by atoms with van der Waals surface area (Å²) in [5, 5.41) is 2.71. The lowest BCUT2D eigenvalue weighted by atomic mass is 10.2. The summed E-state index contributed by atoms with van der Waals surface area (Å²) in [6, 6.07) is 8.69. The largest absolute Gasteiger partial charge is 0.336 e. The molecule has 2 aromatic rings. The van der Waals surface area contributed by atoms with Crippen molar-refractivity contribution in [3.8, 4) is 0 Å². The third-order valence-corrected chi connectivity index (χ3v) is 4.20. The molecule has 0 radical (unpaired) electrons. The number of benzene rings is 1. The van der Waals surface area contributed by atoms with Gasteiger partial charge in [0.05, 0.1) is 6.54 Å². The van der Waals surface area contributed by atoms with Crippen LogP contribution in [0.15, 0.2) is 47.4 Å². The summed E-state index contributed by atoms with van der Waals surface area (Å²) in [6.07, 6.45) is 1.48. The second-order valence-corrected chi connectivity index (χ2v) is 6.04. The summed E-state index contributed by atoms with van der Waals surface area (Å²) in [6.45, 7) is 2.14. The molecule has 8 heteroatoms. The Balaban J connectivity index is 1.50. The zero-order chi connectivity index (χ0) is 18.5. The zero-order valence-corrected chi connectivity index (χ0v) is 14.1. The van der Waals surface area contributed by atoms with Crippen LogP contribution in [0.4, 0.5) is 10.1 Å². The molecule has 1 fully saturated rings. The Morgan fingerprint density at radius 1 is 1.08 bits per heavy atom. The molecule has 0 spiro atoms. The van der Waals surface area contributed by atoms with Crippen molar-refractivity contribution in [3.63, 3.8) is 0 Å². The Kier molecular flexibility index (Phi) is 5.43. The van der Waals surface area contributed by atoms with E-state index in [1.807, 2.05) is 4.90 Å². The van der Waals surface area contributed by atoms with E-state index in [2.05, 4.69) is 10.3 Å². The van der Waals surface area contributed by atoms with E-state index in [-0.39, 0.29) is 29.7 Å². The van der Waals surface area contributed by atoms with Gasteiger partial charge in [-0.2, -0.15) is 0 Å². The Bertz CT molecular complexity index is 842. The van der Waals surface area contributed by atoms with Gasteiger partial charge in [0, 0.05) is 38.1 Å². The summed E-state index contributed by atoms with van der Waals surface area (Å²) in [7, 11) is 0. The molecule has 1 aromatic carbocycles. The lowest BCUT2D eigenvalue weighted by Gasteiger charge is -2.34. The van der Waals surface area contributed by atoms with E-state index in [4.69, 9.17) is 0 Å². The molecule has 1 aliphatic heterocycles. The van der Waals surface area contributed by atoms with Gasteiger partial charge >= 0.3 is 0 Å². The number of hydrogen-bond acceptors (Lipinski definition) is 4. The lowest BCUT2D eigenvalue weighted by Crippen LogP contribution is -2.51. The Labute approximate surface area is 149 Å². The van der Waals surface area contributed by atoms with Gasteiger partial charge in [-0.1, -0.05) is 0 Å². The topological polar surface area (TPSA) is 85.5 Å². The fraction of sp³-hybridized carbons (Fsp3) is 0.278. The fourth-order valence-corrected chi connectivity index (χ4v) is 2.81. The van der Waals surface area contributed by atoms with Gasteiger partial charge in [-0.05, 0) is 36.4 Å². The molecular formula is C18H19FN4O3. The van der Waals surface area contributed by atoms with Crippen LogP contribution >= 0.6 is 0 Å². The SMILES string of the molecule is O=C(CN1CCN(C(=O)c2ccc[nH]c2=O)CC1)Nc1ccc(F)cc1. The molecule has 2 heterocycles. The summed E-state index contributed by atoms with van der Waals surface area (Å²) in [4.78, 5) is 42.2. The van der Waals surface area contributed by atoms with E-state index < -0.39 is 5.56 Å². The molecular weight excluding hydrogens is 339 g/mol. The van der Waals surface area contributed by atoms with E-state index in [9.17, 15) is 18.8 Å². The maximum atomic E-state index is 12.9. The van der Waals surface area contributed by atoms with Gasteiger partial charge in [-0.15, -0.1) is 0 Å². The number of anilines is 1. The van der Waals surface area contributed by atoms with Crippen LogP contribution in [0.25, 0.3) is 0 Å². The fourth-order valence-electron chi connectivity index (χ4n) is 2.81. The highest BCUT2D eigenvalue weighted by Crippen LogP contribution is 2.09. The molecule has 136 valence electrons. The number of hydrogen-bond donors (Lipinski definition) is 2. The van der Waals surface area contributed by atoms with Crippen molar-refractivity contribution in [3.05, 3.63) is 64.3 Å². The molecule has 3 rings (SSSR count). The second-order valence-electron chi connectivity index (χ2n) is 6.04. The maximum Gasteiger partial charge on any atom is 0.260 e. The summed E-state index contributed by atoms with van der Waals surface area (Å²) < 4.78 is 12.9. The highest BCUT2D eigenvalue weighted by molar-refractivity contribution is 5.94. The number of piperazine rings is 1. The first-order valence-corrected chi connectivity index (χ1v) is 8.28. The molecule has 7 nitrogen and oxygen atoms in total. The van der Waals surface area contributed by atoms with Crippen molar-refractivity contribution in [2.24, 2.45) is 0 Å². The average Bonchev–Trinajstić information content (AvgIpc) is 2.64. The normalized spacial score (nSPS) is 14.9. The Hall–Kier alpha value is -3.00. The smallest absolute Gasteiger partial charge is 0.260 e. The summed E-state index contributed by atoms with van der Waals surface area (Å²) >= 11 is 0. The number of carbonyl (C=O) groups is 2. The van der Waals surface area contributed by atoms with Crippen LogP contribution < -0.4 is 10.9 Å².